The molecule has 1 fully saturated rings. The van der Waals surface area contributed by atoms with Crippen LogP contribution in [0.5, 0.6) is 0 Å². The van der Waals surface area contributed by atoms with Crippen molar-refractivity contribution in [3.63, 3.8) is 0 Å². The maximum atomic E-state index is 12.9. The third kappa shape index (κ3) is 4.62. The summed E-state index contributed by atoms with van der Waals surface area (Å²) in [6, 6.07) is 13.3. The van der Waals surface area contributed by atoms with Gasteiger partial charge in [-0.05, 0) is 57.4 Å². The molecule has 150 valence electrons. The molecule has 8 heteroatoms. The van der Waals surface area contributed by atoms with Crippen LogP contribution in [-0.4, -0.2) is 27.8 Å². The molecule has 0 bridgehead atoms. The van der Waals surface area contributed by atoms with Crippen molar-refractivity contribution in [2.24, 2.45) is 5.10 Å². The number of aryl methyl sites for hydroxylation is 2. The fraction of sp³-hybridized carbons (Fsp3) is 0.350. The van der Waals surface area contributed by atoms with Crippen LogP contribution in [0.15, 0.2) is 63.4 Å². The summed E-state index contributed by atoms with van der Waals surface area (Å²) in [7, 11) is -7.25. The summed E-state index contributed by atoms with van der Waals surface area (Å²) in [6.45, 7) is 3.78. The third-order valence-corrected chi connectivity index (χ3v) is 8.33. The molecule has 0 heterocycles. The van der Waals surface area contributed by atoms with Gasteiger partial charge in [-0.25, -0.2) is 13.2 Å². The number of hydrogen-bond donors (Lipinski definition) is 1. The number of hydrogen-bond acceptors (Lipinski definition) is 5. The standard InChI is InChI=1S/C20H24N2O4S2/c1-15-6-10-18(11-7-15)27(23,24)20-5-3-4-17(14-20)21-22-28(25,26)19-12-8-16(2)9-13-19/h6-13,20,22H,3-5,14H2,1-2H3. The van der Waals surface area contributed by atoms with Crippen molar-refractivity contribution >= 4 is 25.6 Å². The minimum absolute atomic E-state index is 0.127. The Kier molecular flexibility index (Phi) is 5.90. The lowest BCUT2D eigenvalue weighted by Gasteiger charge is -2.23. The second-order valence-electron chi connectivity index (χ2n) is 7.16. The van der Waals surface area contributed by atoms with Crippen molar-refractivity contribution in [3.05, 3.63) is 59.7 Å². The van der Waals surface area contributed by atoms with Crippen LogP contribution in [0.1, 0.15) is 36.8 Å². The van der Waals surface area contributed by atoms with Crippen LogP contribution >= 0.6 is 0 Å². The topological polar surface area (TPSA) is 92.7 Å². The van der Waals surface area contributed by atoms with Crippen LogP contribution in [0.3, 0.4) is 0 Å². The minimum Gasteiger partial charge on any atom is -0.223 e. The fourth-order valence-electron chi connectivity index (χ4n) is 3.18. The van der Waals surface area contributed by atoms with E-state index in [2.05, 4.69) is 9.93 Å². The quantitative estimate of drug-likeness (QED) is 0.751. The Labute approximate surface area is 166 Å². The number of nitrogens with one attached hydrogen (secondary N) is 1. The highest BCUT2D eigenvalue weighted by Gasteiger charge is 2.31. The van der Waals surface area contributed by atoms with E-state index in [0.29, 0.717) is 29.9 Å². The maximum Gasteiger partial charge on any atom is 0.276 e. The molecular weight excluding hydrogens is 396 g/mol. The lowest BCUT2D eigenvalue weighted by atomic mass is 9.98. The predicted octanol–water partition coefficient (Wildman–Crippen LogP) is 3.35. The molecule has 6 nitrogen and oxygen atoms in total. The molecule has 3 rings (SSSR count). The van der Waals surface area contributed by atoms with E-state index in [1.807, 2.05) is 13.8 Å². The van der Waals surface area contributed by atoms with E-state index in [-0.39, 0.29) is 11.3 Å². The Balaban J connectivity index is 1.75. The lowest BCUT2D eigenvalue weighted by Crippen LogP contribution is -2.30. The minimum atomic E-state index is -3.77. The normalized spacial score (nSPS) is 19.5. The fourth-order valence-corrected chi connectivity index (χ4v) is 5.82. The molecule has 1 atom stereocenters. The Morgan fingerprint density at radius 3 is 1.96 bits per heavy atom. The lowest BCUT2D eigenvalue weighted by molar-refractivity contribution is 0.558. The van der Waals surface area contributed by atoms with Gasteiger partial charge in [0.25, 0.3) is 10.0 Å². The predicted molar refractivity (Wildman–Crippen MR) is 110 cm³/mol. The van der Waals surface area contributed by atoms with E-state index in [0.717, 1.165) is 11.1 Å². The highest BCUT2D eigenvalue weighted by molar-refractivity contribution is 7.92. The van der Waals surface area contributed by atoms with Gasteiger partial charge in [-0.15, -0.1) is 0 Å². The van der Waals surface area contributed by atoms with Gasteiger partial charge in [-0.1, -0.05) is 35.4 Å². The Morgan fingerprint density at radius 2 is 1.39 bits per heavy atom. The van der Waals surface area contributed by atoms with Crippen LogP contribution in [-0.2, 0) is 19.9 Å². The monoisotopic (exact) mass is 420 g/mol. The van der Waals surface area contributed by atoms with Crippen molar-refractivity contribution < 1.29 is 16.8 Å². The molecule has 0 aromatic heterocycles. The molecular formula is C20H24N2O4S2. The second-order valence-corrected chi connectivity index (χ2v) is 11.1. The number of sulfonamides is 1. The number of hydrazone groups is 1. The highest BCUT2D eigenvalue weighted by Crippen LogP contribution is 2.28. The first kappa shape index (κ1) is 20.5. The second kappa shape index (κ2) is 8.05. The summed E-state index contributed by atoms with van der Waals surface area (Å²) in [6.07, 6.45) is 2.00. The van der Waals surface area contributed by atoms with Gasteiger partial charge in [0.1, 0.15) is 0 Å². The van der Waals surface area contributed by atoms with Crippen LogP contribution < -0.4 is 4.83 Å². The van der Waals surface area contributed by atoms with Gasteiger partial charge in [-0.3, -0.25) is 0 Å². The summed E-state index contributed by atoms with van der Waals surface area (Å²) >= 11 is 0. The van der Waals surface area contributed by atoms with Gasteiger partial charge in [-0.2, -0.15) is 13.5 Å². The van der Waals surface area contributed by atoms with Gasteiger partial charge in [0.05, 0.1) is 15.0 Å². The molecule has 0 radical (unpaired) electrons. The van der Waals surface area contributed by atoms with Gasteiger partial charge in [0.15, 0.2) is 9.84 Å². The summed E-state index contributed by atoms with van der Waals surface area (Å²) in [5.41, 5.74) is 2.51. The van der Waals surface area contributed by atoms with Crippen LogP contribution in [0.25, 0.3) is 0 Å². The number of rotatable bonds is 5. The maximum absolute atomic E-state index is 12.9. The zero-order valence-corrected chi connectivity index (χ0v) is 17.6. The van der Waals surface area contributed by atoms with E-state index in [1.54, 1.807) is 36.4 Å². The largest absolute Gasteiger partial charge is 0.276 e. The average molecular weight is 421 g/mol. The van der Waals surface area contributed by atoms with Crippen molar-refractivity contribution in [2.75, 3.05) is 0 Å². The average Bonchev–Trinajstić information content (AvgIpc) is 2.67. The smallest absolute Gasteiger partial charge is 0.223 e. The first-order valence-electron chi connectivity index (χ1n) is 9.13. The Bertz CT molecular complexity index is 1070. The van der Waals surface area contributed by atoms with Crippen molar-refractivity contribution in [2.45, 2.75) is 54.6 Å². The van der Waals surface area contributed by atoms with Crippen molar-refractivity contribution in [3.8, 4) is 0 Å². The van der Waals surface area contributed by atoms with Gasteiger partial charge >= 0.3 is 0 Å². The first-order chi connectivity index (χ1) is 13.2. The molecule has 2 aromatic rings. The summed E-state index contributed by atoms with van der Waals surface area (Å²) in [5.74, 6) is 0. The zero-order valence-electron chi connectivity index (χ0n) is 15.9. The Hall–Kier alpha value is -2.19. The molecule has 0 spiro atoms. The van der Waals surface area contributed by atoms with E-state index in [4.69, 9.17) is 0 Å². The van der Waals surface area contributed by atoms with Crippen LogP contribution in [0.2, 0.25) is 0 Å². The number of benzene rings is 2. The molecule has 1 aliphatic carbocycles. The summed E-state index contributed by atoms with van der Waals surface area (Å²) in [4.78, 5) is 2.67. The SMILES string of the molecule is Cc1ccc(S(=O)(=O)NN=C2CCCC(S(=O)(=O)c3ccc(C)cc3)C2)cc1. The van der Waals surface area contributed by atoms with E-state index >= 15 is 0 Å². The Morgan fingerprint density at radius 1 is 0.857 bits per heavy atom. The van der Waals surface area contributed by atoms with Crippen molar-refractivity contribution in [1.29, 1.82) is 0 Å². The van der Waals surface area contributed by atoms with E-state index in [1.165, 1.54) is 12.1 Å². The summed E-state index contributed by atoms with van der Waals surface area (Å²) < 4.78 is 50.6. The third-order valence-electron chi connectivity index (χ3n) is 4.90. The number of sulfone groups is 1. The molecule has 1 N–H and O–H groups in total. The first-order valence-corrected chi connectivity index (χ1v) is 12.2. The van der Waals surface area contributed by atoms with E-state index < -0.39 is 25.1 Å². The van der Waals surface area contributed by atoms with Gasteiger partial charge in [0.2, 0.25) is 0 Å². The van der Waals surface area contributed by atoms with Gasteiger partial charge in [0, 0.05) is 12.1 Å². The number of nitrogens with zero attached hydrogens (tertiary/aromatic N) is 1. The zero-order chi connectivity index (χ0) is 20.4. The highest BCUT2D eigenvalue weighted by atomic mass is 32.2. The van der Waals surface area contributed by atoms with E-state index in [9.17, 15) is 16.8 Å². The molecule has 0 saturated heterocycles. The van der Waals surface area contributed by atoms with Gasteiger partial charge < -0.3 is 0 Å². The molecule has 0 aliphatic heterocycles. The van der Waals surface area contributed by atoms with Crippen LogP contribution in [0.4, 0.5) is 0 Å². The molecule has 1 unspecified atom stereocenters. The molecule has 0 amide bonds. The molecule has 1 saturated carbocycles. The molecule has 1 aliphatic rings. The van der Waals surface area contributed by atoms with Crippen LogP contribution in [0, 0.1) is 13.8 Å². The molecule has 28 heavy (non-hydrogen) atoms. The summed E-state index contributed by atoms with van der Waals surface area (Å²) in [5, 5.41) is 3.45. The van der Waals surface area contributed by atoms with Crippen molar-refractivity contribution in [1.82, 2.24) is 4.83 Å². The molecule has 2 aromatic carbocycles.